The van der Waals surface area contributed by atoms with Crippen LogP contribution in [-0.2, 0) is 6.42 Å². The van der Waals surface area contributed by atoms with Gasteiger partial charge in [0.25, 0.3) is 0 Å². The highest BCUT2D eigenvalue weighted by Gasteiger charge is 2.32. The van der Waals surface area contributed by atoms with E-state index in [1.807, 2.05) is 12.3 Å². The summed E-state index contributed by atoms with van der Waals surface area (Å²) >= 11 is 7.24. The molecule has 0 aliphatic heterocycles. The monoisotopic (exact) mass is 322 g/mol. The highest BCUT2D eigenvalue weighted by atomic mass is 79.9. The molecule has 3 heteroatoms. The first kappa shape index (κ1) is 12.3. The smallest absolute Gasteiger partial charge is 0.0934 e. The van der Waals surface area contributed by atoms with Gasteiger partial charge in [0, 0.05) is 10.7 Å². The van der Waals surface area contributed by atoms with Gasteiger partial charge in [0.2, 0.25) is 0 Å². The average molecular weight is 324 g/mol. The van der Waals surface area contributed by atoms with Crippen LogP contribution in [-0.4, -0.2) is 10.7 Å². The largest absolute Gasteiger partial charge is 0.472 e. The topological polar surface area (TPSA) is 13.1 Å². The molecule has 0 N–H and O–H groups in total. The molecule has 0 aliphatic carbocycles. The zero-order valence-corrected chi connectivity index (χ0v) is 11.8. The lowest BCUT2D eigenvalue weighted by atomic mass is 9.76. The van der Waals surface area contributed by atoms with E-state index in [1.165, 1.54) is 5.56 Å². The van der Waals surface area contributed by atoms with Crippen molar-refractivity contribution in [1.29, 1.82) is 0 Å². The summed E-state index contributed by atoms with van der Waals surface area (Å²) in [6.45, 7) is 4.53. The van der Waals surface area contributed by atoms with Crippen LogP contribution in [0, 0.1) is 11.3 Å². The lowest BCUT2D eigenvalue weighted by Crippen LogP contribution is -2.33. The van der Waals surface area contributed by atoms with E-state index < -0.39 is 0 Å². The first-order chi connectivity index (χ1) is 6.64. The summed E-state index contributed by atoms with van der Waals surface area (Å²) in [6, 6.07) is 2.04. The second kappa shape index (κ2) is 5.36. The van der Waals surface area contributed by atoms with E-state index in [1.54, 1.807) is 6.26 Å². The maximum absolute atomic E-state index is 5.10. The lowest BCUT2D eigenvalue weighted by molar-refractivity contribution is 0.267. The van der Waals surface area contributed by atoms with Gasteiger partial charge in [-0.1, -0.05) is 45.7 Å². The molecular weight excluding hydrogens is 308 g/mol. The molecule has 0 aliphatic rings. The highest BCUT2D eigenvalue weighted by Crippen LogP contribution is 2.35. The van der Waals surface area contributed by atoms with Crippen molar-refractivity contribution in [3.8, 4) is 0 Å². The molecule has 1 rings (SSSR count). The SMILES string of the molecule is CC(C)C(CBr)(CBr)Cc1ccoc1. The Labute approximate surface area is 103 Å². The third-order valence-corrected chi connectivity index (χ3v) is 5.13. The molecule has 0 saturated heterocycles. The molecule has 1 aromatic rings. The summed E-state index contributed by atoms with van der Waals surface area (Å²) in [4.78, 5) is 0. The first-order valence-electron chi connectivity index (χ1n) is 4.77. The van der Waals surface area contributed by atoms with Gasteiger partial charge in [-0.15, -0.1) is 0 Å². The standard InChI is InChI=1S/C11H16Br2O/c1-9(2)11(7-12,8-13)5-10-3-4-14-6-10/h3-4,6,9H,5,7-8H2,1-2H3. The number of hydrogen-bond donors (Lipinski definition) is 0. The van der Waals surface area contributed by atoms with Gasteiger partial charge in [-0.05, 0) is 29.4 Å². The number of furan rings is 1. The third-order valence-electron chi connectivity index (χ3n) is 2.89. The van der Waals surface area contributed by atoms with Gasteiger partial charge in [-0.2, -0.15) is 0 Å². The van der Waals surface area contributed by atoms with Crippen LogP contribution in [0.4, 0.5) is 0 Å². The van der Waals surface area contributed by atoms with Gasteiger partial charge in [-0.25, -0.2) is 0 Å². The van der Waals surface area contributed by atoms with Crippen LogP contribution < -0.4 is 0 Å². The quantitative estimate of drug-likeness (QED) is 0.738. The predicted molar refractivity (Wildman–Crippen MR) is 67.3 cm³/mol. The Hall–Kier alpha value is 0.240. The number of hydrogen-bond acceptors (Lipinski definition) is 1. The van der Waals surface area contributed by atoms with Gasteiger partial charge in [0.1, 0.15) is 0 Å². The third kappa shape index (κ3) is 2.63. The minimum atomic E-state index is 0.282. The summed E-state index contributed by atoms with van der Waals surface area (Å²) in [6.07, 6.45) is 4.63. The summed E-state index contributed by atoms with van der Waals surface area (Å²) in [5.74, 6) is 0.635. The number of halogens is 2. The van der Waals surface area contributed by atoms with E-state index >= 15 is 0 Å². The van der Waals surface area contributed by atoms with E-state index in [9.17, 15) is 0 Å². The van der Waals surface area contributed by atoms with Crippen LogP contribution in [0.5, 0.6) is 0 Å². The summed E-state index contributed by atoms with van der Waals surface area (Å²) in [5.41, 5.74) is 1.56. The molecule has 80 valence electrons. The van der Waals surface area contributed by atoms with Crippen LogP contribution in [0.15, 0.2) is 23.0 Å². The molecule has 1 nitrogen and oxygen atoms in total. The van der Waals surface area contributed by atoms with Gasteiger partial charge in [-0.3, -0.25) is 0 Å². The van der Waals surface area contributed by atoms with Crippen molar-refractivity contribution in [2.45, 2.75) is 20.3 Å². The molecule has 0 radical (unpaired) electrons. The van der Waals surface area contributed by atoms with Gasteiger partial charge >= 0.3 is 0 Å². The van der Waals surface area contributed by atoms with Crippen LogP contribution in [0.3, 0.4) is 0 Å². The molecule has 0 unspecified atom stereocenters. The molecule has 0 amide bonds. The van der Waals surface area contributed by atoms with Crippen molar-refractivity contribution in [2.24, 2.45) is 11.3 Å². The molecule has 0 atom stereocenters. The van der Waals surface area contributed by atoms with Crippen molar-refractivity contribution in [3.63, 3.8) is 0 Å². The lowest BCUT2D eigenvalue weighted by Gasteiger charge is -2.34. The Morgan fingerprint density at radius 2 is 2.00 bits per heavy atom. The Morgan fingerprint density at radius 3 is 2.36 bits per heavy atom. The summed E-state index contributed by atoms with van der Waals surface area (Å²) in [7, 11) is 0. The molecule has 0 saturated carbocycles. The number of rotatable bonds is 5. The normalized spacial score (nSPS) is 12.4. The van der Waals surface area contributed by atoms with Crippen LogP contribution in [0.25, 0.3) is 0 Å². The second-order valence-electron chi connectivity index (χ2n) is 4.09. The van der Waals surface area contributed by atoms with Gasteiger partial charge < -0.3 is 4.42 Å². The minimum Gasteiger partial charge on any atom is -0.472 e. The fourth-order valence-electron chi connectivity index (χ4n) is 1.44. The fourth-order valence-corrected chi connectivity index (χ4v) is 4.06. The molecule has 1 heterocycles. The van der Waals surface area contributed by atoms with Crippen molar-refractivity contribution in [1.82, 2.24) is 0 Å². The van der Waals surface area contributed by atoms with Crippen LogP contribution in [0.2, 0.25) is 0 Å². The molecule has 0 spiro atoms. The highest BCUT2D eigenvalue weighted by molar-refractivity contribution is 9.09. The Kier molecular flexibility index (Phi) is 4.71. The molecule has 0 aromatic carbocycles. The van der Waals surface area contributed by atoms with Gasteiger partial charge in [0.05, 0.1) is 12.5 Å². The van der Waals surface area contributed by atoms with Crippen LogP contribution >= 0.6 is 31.9 Å². The maximum Gasteiger partial charge on any atom is 0.0934 e. The van der Waals surface area contributed by atoms with E-state index in [-0.39, 0.29) is 5.41 Å². The van der Waals surface area contributed by atoms with E-state index in [0.29, 0.717) is 5.92 Å². The van der Waals surface area contributed by atoms with Crippen molar-refractivity contribution in [3.05, 3.63) is 24.2 Å². The van der Waals surface area contributed by atoms with E-state index in [4.69, 9.17) is 4.42 Å². The maximum atomic E-state index is 5.10. The zero-order valence-electron chi connectivity index (χ0n) is 8.59. The van der Waals surface area contributed by atoms with E-state index in [0.717, 1.165) is 17.1 Å². The average Bonchev–Trinajstić information content (AvgIpc) is 2.66. The van der Waals surface area contributed by atoms with Crippen LogP contribution in [0.1, 0.15) is 19.4 Å². The number of alkyl halides is 2. The van der Waals surface area contributed by atoms with Gasteiger partial charge in [0.15, 0.2) is 0 Å². The Morgan fingerprint density at radius 1 is 1.36 bits per heavy atom. The van der Waals surface area contributed by atoms with E-state index in [2.05, 4.69) is 45.7 Å². The first-order valence-corrected chi connectivity index (χ1v) is 7.02. The van der Waals surface area contributed by atoms with Crippen molar-refractivity contribution < 1.29 is 4.42 Å². The minimum absolute atomic E-state index is 0.282. The molecule has 14 heavy (non-hydrogen) atoms. The van der Waals surface area contributed by atoms with Crippen molar-refractivity contribution in [2.75, 3.05) is 10.7 Å². The second-order valence-corrected chi connectivity index (χ2v) is 5.21. The molecule has 0 bridgehead atoms. The van der Waals surface area contributed by atoms with Crippen molar-refractivity contribution >= 4 is 31.9 Å². The summed E-state index contributed by atoms with van der Waals surface area (Å²) < 4.78 is 5.10. The Bertz CT molecular complexity index is 250. The zero-order chi connectivity index (χ0) is 10.6. The fraction of sp³-hybridized carbons (Fsp3) is 0.636. The predicted octanol–water partition coefficient (Wildman–Crippen LogP) is 4.25. The Balaban J connectivity index is 2.78. The molecule has 1 aromatic heterocycles. The summed E-state index contributed by atoms with van der Waals surface area (Å²) in [5, 5.41) is 2.02. The molecule has 0 fully saturated rings. The molecular formula is C11H16Br2O.